The van der Waals surface area contributed by atoms with Gasteiger partial charge in [-0.25, -0.2) is 5.10 Å². The third-order valence-electron chi connectivity index (χ3n) is 4.32. The zero-order chi connectivity index (χ0) is 19.4. The van der Waals surface area contributed by atoms with Gasteiger partial charge in [-0.05, 0) is 73.4 Å². The summed E-state index contributed by atoms with van der Waals surface area (Å²) in [6, 6.07) is 11.7. The van der Waals surface area contributed by atoms with Crippen molar-refractivity contribution in [2.45, 2.75) is 27.4 Å². The Morgan fingerprint density at radius 3 is 2.63 bits per heavy atom. The van der Waals surface area contributed by atoms with Gasteiger partial charge >= 0.3 is 0 Å². The molecule has 3 aromatic rings. The lowest BCUT2D eigenvalue weighted by atomic mass is 10.0. The van der Waals surface area contributed by atoms with Crippen molar-refractivity contribution in [2.24, 2.45) is 5.10 Å². The molecule has 27 heavy (non-hydrogen) atoms. The first-order valence-corrected chi connectivity index (χ1v) is 8.94. The highest BCUT2D eigenvalue weighted by Crippen LogP contribution is 2.20. The number of aromatic amines is 1. The quantitative estimate of drug-likeness (QED) is 0.509. The van der Waals surface area contributed by atoms with Crippen molar-refractivity contribution in [1.29, 1.82) is 0 Å². The number of methoxy groups -OCH3 is 1. The number of aryl methyl sites for hydroxylation is 3. The van der Waals surface area contributed by atoms with Gasteiger partial charge in [-0.2, -0.15) is 14.9 Å². The summed E-state index contributed by atoms with van der Waals surface area (Å²) in [5.74, 6) is 2.00. The smallest absolute Gasteiger partial charge is 0.216 e. The predicted molar refractivity (Wildman–Crippen MR) is 108 cm³/mol. The molecule has 0 saturated heterocycles. The summed E-state index contributed by atoms with van der Waals surface area (Å²) in [7, 11) is 1.62. The molecule has 0 amide bonds. The van der Waals surface area contributed by atoms with Crippen LogP contribution in [0, 0.1) is 25.5 Å². The summed E-state index contributed by atoms with van der Waals surface area (Å²) in [6.45, 7) is 6.48. The van der Waals surface area contributed by atoms with Gasteiger partial charge < -0.3 is 9.47 Å². The number of ether oxygens (including phenoxy) is 2. The second-order valence-electron chi connectivity index (χ2n) is 6.26. The topological polar surface area (TPSA) is 64.4 Å². The molecule has 0 aliphatic rings. The average molecular weight is 382 g/mol. The minimum Gasteiger partial charge on any atom is -0.497 e. The molecule has 1 N–H and O–H groups in total. The van der Waals surface area contributed by atoms with Crippen LogP contribution in [0.25, 0.3) is 0 Å². The Morgan fingerprint density at radius 1 is 1.11 bits per heavy atom. The molecule has 3 rings (SSSR count). The van der Waals surface area contributed by atoms with Gasteiger partial charge in [0.15, 0.2) is 5.82 Å². The predicted octanol–water partition coefficient (Wildman–Crippen LogP) is 4.34. The van der Waals surface area contributed by atoms with Crippen LogP contribution in [0.15, 0.2) is 41.5 Å². The van der Waals surface area contributed by atoms with Gasteiger partial charge in [0.25, 0.3) is 0 Å². The zero-order valence-electron chi connectivity index (χ0n) is 15.8. The van der Waals surface area contributed by atoms with Gasteiger partial charge in [0.05, 0.1) is 13.3 Å². The van der Waals surface area contributed by atoms with Crippen LogP contribution in [-0.2, 0) is 6.61 Å². The van der Waals surface area contributed by atoms with Crippen molar-refractivity contribution in [3.63, 3.8) is 0 Å². The Balaban J connectivity index is 1.80. The third-order valence-corrected chi connectivity index (χ3v) is 4.59. The van der Waals surface area contributed by atoms with Crippen LogP contribution in [0.4, 0.5) is 0 Å². The molecular weight excluding hydrogens is 360 g/mol. The van der Waals surface area contributed by atoms with Gasteiger partial charge in [0, 0.05) is 6.07 Å². The van der Waals surface area contributed by atoms with E-state index >= 15 is 0 Å². The summed E-state index contributed by atoms with van der Waals surface area (Å²) < 4.78 is 13.0. The van der Waals surface area contributed by atoms with Crippen molar-refractivity contribution < 1.29 is 9.47 Å². The zero-order valence-corrected chi connectivity index (χ0v) is 16.6. The van der Waals surface area contributed by atoms with Crippen LogP contribution in [0.1, 0.15) is 28.1 Å². The van der Waals surface area contributed by atoms with Crippen molar-refractivity contribution in [3.05, 3.63) is 69.2 Å². The molecule has 0 aliphatic heterocycles. The molecule has 0 radical (unpaired) electrons. The van der Waals surface area contributed by atoms with E-state index in [2.05, 4.69) is 48.2 Å². The number of rotatable bonds is 6. The normalized spacial score (nSPS) is 11.1. The second-order valence-corrected chi connectivity index (χ2v) is 6.65. The molecule has 140 valence electrons. The van der Waals surface area contributed by atoms with Crippen molar-refractivity contribution in [3.8, 4) is 11.5 Å². The Bertz CT molecular complexity index is 1040. The number of nitrogens with one attached hydrogen (secondary N) is 1. The largest absolute Gasteiger partial charge is 0.497 e. The van der Waals surface area contributed by atoms with E-state index < -0.39 is 0 Å². The summed E-state index contributed by atoms with van der Waals surface area (Å²) >= 11 is 5.29. The van der Waals surface area contributed by atoms with E-state index in [1.807, 2.05) is 24.3 Å². The fraction of sp³-hybridized carbons (Fsp3) is 0.250. The molecule has 0 bridgehead atoms. The molecule has 0 atom stereocenters. The highest BCUT2D eigenvalue weighted by molar-refractivity contribution is 7.71. The minimum absolute atomic E-state index is 0.226. The third kappa shape index (κ3) is 4.43. The molecule has 0 spiro atoms. The van der Waals surface area contributed by atoms with Crippen LogP contribution in [0.5, 0.6) is 11.5 Å². The molecular formula is C20H22N4O2S. The lowest BCUT2D eigenvalue weighted by Crippen LogP contribution is -2.04. The highest BCUT2D eigenvalue weighted by atomic mass is 32.1. The molecule has 2 aromatic carbocycles. The van der Waals surface area contributed by atoms with Crippen LogP contribution in [0.3, 0.4) is 0 Å². The Kier molecular flexibility index (Phi) is 5.71. The fourth-order valence-corrected chi connectivity index (χ4v) is 2.82. The van der Waals surface area contributed by atoms with E-state index in [1.54, 1.807) is 18.0 Å². The second kappa shape index (κ2) is 8.18. The number of nitrogens with zero attached hydrogens (tertiary/aromatic N) is 3. The maximum absolute atomic E-state index is 5.80. The van der Waals surface area contributed by atoms with Crippen LogP contribution >= 0.6 is 12.2 Å². The lowest BCUT2D eigenvalue weighted by Gasteiger charge is -2.08. The number of hydrogen-bond donors (Lipinski definition) is 1. The van der Waals surface area contributed by atoms with Gasteiger partial charge in [-0.15, -0.1) is 0 Å². The van der Waals surface area contributed by atoms with Gasteiger partial charge in [-0.1, -0.05) is 12.1 Å². The van der Waals surface area contributed by atoms with Gasteiger partial charge in [0.2, 0.25) is 4.77 Å². The molecule has 0 unspecified atom stereocenters. The summed E-state index contributed by atoms with van der Waals surface area (Å²) in [4.78, 5) is 0. The molecule has 1 aromatic heterocycles. The standard InChI is InChI=1S/C20H22N4O2S/c1-13-8-15(3)16(9-14(13)2)11-21-24-19(22-23-20(24)27)12-26-18-7-5-6-17(10-18)25-4/h5-11H,12H2,1-4H3,(H,23,27)/b21-11-. The number of hydrogen-bond acceptors (Lipinski definition) is 5. The SMILES string of the molecule is COc1cccc(OCc2n[nH]c(=S)n2/N=C\c2cc(C)c(C)cc2C)c1. The summed E-state index contributed by atoms with van der Waals surface area (Å²) in [5.41, 5.74) is 4.68. The maximum Gasteiger partial charge on any atom is 0.216 e. The summed E-state index contributed by atoms with van der Waals surface area (Å²) in [6.07, 6.45) is 1.79. The maximum atomic E-state index is 5.80. The lowest BCUT2D eigenvalue weighted by molar-refractivity contribution is 0.288. The van der Waals surface area contributed by atoms with Gasteiger partial charge in [0.1, 0.15) is 18.1 Å². The Morgan fingerprint density at radius 2 is 1.85 bits per heavy atom. The first kappa shape index (κ1) is 18.8. The van der Waals surface area contributed by atoms with Crippen LogP contribution in [0.2, 0.25) is 0 Å². The van der Waals surface area contributed by atoms with Gasteiger partial charge in [-0.3, -0.25) is 0 Å². The number of benzene rings is 2. The molecule has 6 nitrogen and oxygen atoms in total. The van der Waals surface area contributed by atoms with E-state index in [1.165, 1.54) is 11.1 Å². The van der Waals surface area contributed by atoms with Crippen LogP contribution in [-0.4, -0.2) is 28.2 Å². The van der Waals surface area contributed by atoms with E-state index in [0.717, 1.165) is 16.9 Å². The monoisotopic (exact) mass is 382 g/mol. The van der Waals surface area contributed by atoms with E-state index in [-0.39, 0.29) is 6.61 Å². The first-order valence-electron chi connectivity index (χ1n) is 8.53. The number of H-pyrrole nitrogens is 1. The van der Waals surface area contributed by atoms with E-state index in [0.29, 0.717) is 16.3 Å². The minimum atomic E-state index is 0.226. The number of aromatic nitrogens is 3. The Hall–Kier alpha value is -2.93. The average Bonchev–Trinajstić information content (AvgIpc) is 3.02. The molecule has 0 fully saturated rings. The molecule has 0 aliphatic carbocycles. The summed E-state index contributed by atoms with van der Waals surface area (Å²) in [5, 5.41) is 11.5. The van der Waals surface area contributed by atoms with E-state index in [4.69, 9.17) is 21.7 Å². The molecule has 7 heteroatoms. The van der Waals surface area contributed by atoms with E-state index in [9.17, 15) is 0 Å². The molecule has 1 heterocycles. The van der Waals surface area contributed by atoms with Crippen molar-refractivity contribution in [1.82, 2.24) is 14.9 Å². The van der Waals surface area contributed by atoms with Crippen LogP contribution < -0.4 is 9.47 Å². The van der Waals surface area contributed by atoms with Crippen molar-refractivity contribution >= 4 is 18.4 Å². The fourth-order valence-electron chi connectivity index (χ4n) is 2.62. The molecule has 0 saturated carbocycles. The highest BCUT2D eigenvalue weighted by Gasteiger charge is 2.07. The van der Waals surface area contributed by atoms with Crippen molar-refractivity contribution in [2.75, 3.05) is 7.11 Å². The Labute approximate surface area is 163 Å². The first-order chi connectivity index (χ1) is 13.0.